The van der Waals surface area contributed by atoms with Gasteiger partial charge in [-0.05, 0) is 38.0 Å². The van der Waals surface area contributed by atoms with Crippen molar-refractivity contribution in [3.05, 3.63) is 28.8 Å². The molecule has 1 unspecified atom stereocenters. The number of halogens is 1. The van der Waals surface area contributed by atoms with Gasteiger partial charge in [-0.15, -0.1) is 0 Å². The van der Waals surface area contributed by atoms with Gasteiger partial charge in [0.15, 0.2) is 5.60 Å². The van der Waals surface area contributed by atoms with Gasteiger partial charge in [0.2, 0.25) is 0 Å². The Bertz CT molecular complexity index is 717. The molecule has 5 N–H and O–H groups in total. The van der Waals surface area contributed by atoms with Gasteiger partial charge in [-0.1, -0.05) is 30.9 Å². The summed E-state index contributed by atoms with van der Waals surface area (Å²) in [6.07, 6.45) is 5.22. The third-order valence-corrected chi connectivity index (χ3v) is 4.79. The van der Waals surface area contributed by atoms with Gasteiger partial charge in [0, 0.05) is 11.7 Å². The molecule has 0 heterocycles. The minimum atomic E-state index is -2.08. The normalized spacial score (nSPS) is 16.9. The van der Waals surface area contributed by atoms with Crippen molar-refractivity contribution in [2.75, 3.05) is 11.9 Å². The van der Waals surface area contributed by atoms with E-state index in [1.54, 1.807) is 0 Å². The van der Waals surface area contributed by atoms with Gasteiger partial charge in [-0.3, -0.25) is 4.79 Å². The van der Waals surface area contributed by atoms with Gasteiger partial charge in [-0.2, -0.15) is 0 Å². The second kappa shape index (κ2) is 9.05. The highest BCUT2D eigenvalue weighted by atomic mass is 35.5. The largest absolute Gasteiger partial charge is 0.479 e. The molecule has 148 valence electrons. The summed E-state index contributed by atoms with van der Waals surface area (Å²) in [5.74, 6) is -1.75. The van der Waals surface area contributed by atoms with Crippen molar-refractivity contribution in [2.45, 2.75) is 50.7 Å². The Morgan fingerprint density at radius 3 is 2.52 bits per heavy atom. The predicted molar refractivity (Wildman–Crippen MR) is 101 cm³/mol. The lowest BCUT2D eigenvalue weighted by Crippen LogP contribution is -2.47. The van der Waals surface area contributed by atoms with E-state index in [1.165, 1.54) is 24.6 Å². The monoisotopic (exact) mass is 397 g/mol. The first-order chi connectivity index (χ1) is 12.7. The number of rotatable bonds is 6. The molecule has 1 atom stereocenters. The van der Waals surface area contributed by atoms with Crippen LogP contribution in [0.1, 0.15) is 49.4 Å². The average Bonchev–Trinajstić information content (AvgIpc) is 2.62. The van der Waals surface area contributed by atoms with Crippen LogP contribution >= 0.6 is 11.6 Å². The highest BCUT2D eigenvalue weighted by Gasteiger charge is 2.30. The van der Waals surface area contributed by atoms with Crippen LogP contribution in [-0.2, 0) is 4.79 Å². The van der Waals surface area contributed by atoms with Gasteiger partial charge >= 0.3 is 12.0 Å². The molecular weight excluding hydrogens is 374 g/mol. The molecule has 3 amide bonds. The van der Waals surface area contributed by atoms with Crippen LogP contribution in [0.15, 0.2) is 18.2 Å². The molecule has 1 fully saturated rings. The SMILES string of the molecule is CC(O)(CNC(=O)Nc1ccc(Cl)c(C(=O)NC2CCCCC2)c1)C(=O)O. The van der Waals surface area contributed by atoms with Crippen molar-refractivity contribution in [1.29, 1.82) is 0 Å². The van der Waals surface area contributed by atoms with Crippen molar-refractivity contribution in [3.63, 3.8) is 0 Å². The zero-order valence-corrected chi connectivity index (χ0v) is 15.8. The molecule has 0 aliphatic heterocycles. The van der Waals surface area contributed by atoms with E-state index >= 15 is 0 Å². The smallest absolute Gasteiger partial charge is 0.337 e. The first-order valence-electron chi connectivity index (χ1n) is 8.80. The summed E-state index contributed by atoms with van der Waals surface area (Å²) >= 11 is 6.11. The fourth-order valence-electron chi connectivity index (χ4n) is 2.79. The number of nitrogens with one attached hydrogen (secondary N) is 3. The molecule has 1 aliphatic carbocycles. The summed E-state index contributed by atoms with van der Waals surface area (Å²) in [7, 11) is 0. The first kappa shape index (κ1) is 21.0. The molecule has 0 radical (unpaired) electrons. The van der Waals surface area contributed by atoms with E-state index in [4.69, 9.17) is 16.7 Å². The second-order valence-corrected chi connectivity index (χ2v) is 7.30. The lowest BCUT2D eigenvalue weighted by molar-refractivity contribution is -0.155. The summed E-state index contributed by atoms with van der Waals surface area (Å²) in [5.41, 5.74) is -1.51. The van der Waals surface area contributed by atoms with E-state index < -0.39 is 24.1 Å². The number of aliphatic carboxylic acids is 1. The molecule has 1 aromatic rings. The second-order valence-electron chi connectivity index (χ2n) is 6.89. The lowest BCUT2D eigenvalue weighted by Gasteiger charge is -2.23. The predicted octanol–water partition coefficient (Wildman–Crippen LogP) is 2.36. The molecule has 27 heavy (non-hydrogen) atoms. The number of benzene rings is 1. The maximum absolute atomic E-state index is 12.5. The number of aliphatic hydroxyl groups is 1. The Kier molecular flexibility index (Phi) is 7.04. The molecule has 2 rings (SSSR count). The van der Waals surface area contributed by atoms with E-state index in [0.29, 0.717) is 5.69 Å². The highest BCUT2D eigenvalue weighted by molar-refractivity contribution is 6.34. The number of hydrogen-bond acceptors (Lipinski definition) is 4. The van der Waals surface area contributed by atoms with E-state index in [9.17, 15) is 19.5 Å². The molecule has 9 heteroatoms. The lowest BCUT2D eigenvalue weighted by atomic mass is 9.95. The standard InChI is InChI=1S/C18H24ClN3O5/c1-18(27,16(24)25)10-20-17(26)22-12-7-8-14(19)13(9-12)15(23)21-11-5-3-2-4-6-11/h7-9,11,27H,2-6,10H2,1H3,(H,21,23)(H,24,25)(H2,20,22,26). The van der Waals surface area contributed by atoms with Crippen LogP contribution in [0.25, 0.3) is 0 Å². The van der Waals surface area contributed by atoms with Crippen LogP contribution in [0.5, 0.6) is 0 Å². The van der Waals surface area contributed by atoms with E-state index in [-0.39, 0.29) is 22.5 Å². The maximum atomic E-state index is 12.5. The number of carboxylic acids is 1. The van der Waals surface area contributed by atoms with Crippen molar-refractivity contribution < 1.29 is 24.6 Å². The van der Waals surface area contributed by atoms with Crippen molar-refractivity contribution in [3.8, 4) is 0 Å². The maximum Gasteiger partial charge on any atom is 0.337 e. The Morgan fingerprint density at radius 1 is 1.22 bits per heavy atom. The molecule has 0 bridgehead atoms. The number of amides is 3. The van der Waals surface area contributed by atoms with Crippen LogP contribution in [0.4, 0.5) is 10.5 Å². The first-order valence-corrected chi connectivity index (χ1v) is 9.18. The number of carbonyl (C=O) groups excluding carboxylic acids is 2. The van der Waals surface area contributed by atoms with E-state index in [0.717, 1.165) is 32.6 Å². The molecule has 8 nitrogen and oxygen atoms in total. The van der Waals surface area contributed by atoms with E-state index in [1.807, 2.05) is 0 Å². The fraction of sp³-hybridized carbons (Fsp3) is 0.500. The topological polar surface area (TPSA) is 128 Å². The zero-order valence-electron chi connectivity index (χ0n) is 15.0. The number of carboxylic acid groups (broad SMARTS) is 1. The van der Waals surface area contributed by atoms with Crippen LogP contribution in [0.3, 0.4) is 0 Å². The number of anilines is 1. The van der Waals surface area contributed by atoms with Gasteiger partial charge < -0.3 is 26.2 Å². The van der Waals surface area contributed by atoms with E-state index in [2.05, 4.69) is 16.0 Å². The van der Waals surface area contributed by atoms with Crippen molar-refractivity contribution in [2.24, 2.45) is 0 Å². The van der Waals surface area contributed by atoms with Crippen molar-refractivity contribution in [1.82, 2.24) is 10.6 Å². The molecule has 0 spiro atoms. The Hall–Kier alpha value is -2.32. The number of urea groups is 1. The van der Waals surface area contributed by atoms with Gasteiger partial charge in [0.1, 0.15) is 0 Å². The van der Waals surface area contributed by atoms with Crippen LogP contribution in [0, 0.1) is 0 Å². The zero-order chi connectivity index (χ0) is 20.0. The summed E-state index contributed by atoms with van der Waals surface area (Å²) in [6, 6.07) is 3.89. The average molecular weight is 398 g/mol. The number of carbonyl (C=O) groups is 3. The third kappa shape index (κ3) is 6.11. The quantitative estimate of drug-likeness (QED) is 0.503. The Morgan fingerprint density at radius 2 is 1.89 bits per heavy atom. The summed E-state index contributed by atoms with van der Waals surface area (Å²) in [5, 5.41) is 26.4. The van der Waals surface area contributed by atoms with Crippen molar-refractivity contribution >= 4 is 35.2 Å². The molecular formula is C18H24ClN3O5. The summed E-state index contributed by atoms with van der Waals surface area (Å²) in [6.45, 7) is 0.600. The fourth-order valence-corrected chi connectivity index (χ4v) is 2.99. The Balaban J connectivity index is 1.98. The van der Waals surface area contributed by atoms with Crippen LogP contribution in [-0.4, -0.2) is 46.3 Å². The summed E-state index contributed by atoms with van der Waals surface area (Å²) in [4.78, 5) is 35.2. The third-order valence-electron chi connectivity index (χ3n) is 4.46. The minimum Gasteiger partial charge on any atom is -0.479 e. The Labute approximate surface area is 162 Å². The van der Waals surface area contributed by atoms with Gasteiger partial charge in [-0.25, -0.2) is 9.59 Å². The van der Waals surface area contributed by atoms with Gasteiger partial charge in [0.05, 0.1) is 17.1 Å². The number of hydrogen-bond donors (Lipinski definition) is 5. The van der Waals surface area contributed by atoms with Crippen LogP contribution in [0.2, 0.25) is 5.02 Å². The minimum absolute atomic E-state index is 0.125. The molecule has 1 saturated carbocycles. The molecule has 1 aromatic carbocycles. The highest BCUT2D eigenvalue weighted by Crippen LogP contribution is 2.22. The van der Waals surface area contributed by atoms with Crippen LogP contribution < -0.4 is 16.0 Å². The molecule has 0 aromatic heterocycles. The van der Waals surface area contributed by atoms with Gasteiger partial charge in [0.25, 0.3) is 5.91 Å². The molecule has 1 aliphatic rings. The summed E-state index contributed by atoms with van der Waals surface area (Å²) < 4.78 is 0. The molecule has 0 saturated heterocycles.